The van der Waals surface area contributed by atoms with E-state index in [2.05, 4.69) is 20.6 Å². The van der Waals surface area contributed by atoms with Crippen LogP contribution in [-0.4, -0.2) is 32.7 Å². The number of phenols is 1. The molecule has 0 amide bonds. The van der Waals surface area contributed by atoms with Gasteiger partial charge in [-0.15, -0.1) is 0 Å². The summed E-state index contributed by atoms with van der Waals surface area (Å²) in [5, 5.41) is 24.3. The van der Waals surface area contributed by atoms with Crippen LogP contribution in [0.4, 0.5) is 17.5 Å². The largest absolute Gasteiger partial charge is 0.508 e. The minimum atomic E-state index is -0.985. The van der Waals surface area contributed by atoms with Crippen LogP contribution >= 0.6 is 11.6 Å². The summed E-state index contributed by atoms with van der Waals surface area (Å²) in [6.07, 6.45) is 2.13. The molecule has 0 aliphatic heterocycles. The monoisotopic (exact) mass is 334 g/mol. The Morgan fingerprint density at radius 3 is 2.74 bits per heavy atom. The molecule has 7 nitrogen and oxygen atoms in total. The summed E-state index contributed by atoms with van der Waals surface area (Å²) in [5.74, 6) is 0.253. The number of nitrogens with one attached hydrogen (secondary N) is 2. The number of carboxylic acid groups (broad SMARTS) is 1. The normalized spacial score (nSPS) is 13.6. The number of aliphatic carboxylic acids is 1. The van der Waals surface area contributed by atoms with Crippen LogP contribution in [0.25, 0.3) is 0 Å². The van der Waals surface area contributed by atoms with E-state index in [-0.39, 0.29) is 18.2 Å². The molecule has 0 bridgehead atoms. The minimum absolute atomic E-state index is 0.0747. The fourth-order valence-corrected chi connectivity index (χ4v) is 2.32. The van der Waals surface area contributed by atoms with Crippen LogP contribution < -0.4 is 10.6 Å². The van der Waals surface area contributed by atoms with Gasteiger partial charge in [-0.25, -0.2) is 4.98 Å². The van der Waals surface area contributed by atoms with Crippen molar-refractivity contribution < 1.29 is 15.0 Å². The van der Waals surface area contributed by atoms with E-state index in [9.17, 15) is 9.90 Å². The number of hydrogen-bond donors (Lipinski definition) is 4. The Bertz CT molecular complexity index is 749. The maximum atomic E-state index is 10.7. The first kappa shape index (κ1) is 15.4. The second kappa shape index (κ2) is 6.29. The van der Waals surface area contributed by atoms with Crippen molar-refractivity contribution in [2.45, 2.75) is 18.8 Å². The quantitative estimate of drug-likeness (QED) is 0.601. The molecule has 2 aromatic rings. The van der Waals surface area contributed by atoms with E-state index >= 15 is 0 Å². The van der Waals surface area contributed by atoms with Gasteiger partial charge in [0.25, 0.3) is 0 Å². The Hall–Kier alpha value is -2.54. The molecule has 1 aromatic heterocycles. The van der Waals surface area contributed by atoms with Gasteiger partial charge in [0.15, 0.2) is 0 Å². The molecular formula is C15H15ClN4O3. The summed E-state index contributed by atoms with van der Waals surface area (Å²) >= 11 is 6.08. The fraction of sp³-hybridized carbons (Fsp3) is 0.267. The minimum Gasteiger partial charge on any atom is -0.508 e. The average Bonchev–Trinajstić information content (AvgIpc) is 3.33. The van der Waals surface area contributed by atoms with E-state index in [4.69, 9.17) is 16.7 Å². The molecule has 1 fully saturated rings. The highest BCUT2D eigenvalue weighted by atomic mass is 35.5. The smallest absolute Gasteiger partial charge is 0.322 e. The molecule has 0 saturated heterocycles. The van der Waals surface area contributed by atoms with Crippen LogP contribution in [0.2, 0.25) is 5.02 Å². The number of phenolic OH excluding ortho intramolecular Hbond substituents is 1. The van der Waals surface area contributed by atoms with E-state index in [0.29, 0.717) is 22.4 Å². The Balaban J connectivity index is 1.86. The maximum Gasteiger partial charge on any atom is 0.322 e. The lowest BCUT2D eigenvalue weighted by Gasteiger charge is -2.11. The summed E-state index contributed by atoms with van der Waals surface area (Å²) in [6.45, 7) is -0.256. The van der Waals surface area contributed by atoms with Crippen LogP contribution in [0.3, 0.4) is 0 Å². The van der Waals surface area contributed by atoms with Crippen LogP contribution in [-0.2, 0) is 4.79 Å². The van der Waals surface area contributed by atoms with Crippen molar-refractivity contribution in [1.29, 1.82) is 0 Å². The molecule has 0 unspecified atom stereocenters. The van der Waals surface area contributed by atoms with Crippen molar-refractivity contribution in [2.24, 2.45) is 0 Å². The van der Waals surface area contributed by atoms with Crippen molar-refractivity contribution in [1.82, 2.24) is 9.97 Å². The number of nitrogens with zero attached hydrogens (tertiary/aromatic N) is 2. The van der Waals surface area contributed by atoms with Crippen LogP contribution in [0.1, 0.15) is 24.5 Å². The average molecular weight is 335 g/mol. The lowest BCUT2D eigenvalue weighted by atomic mass is 10.2. The Morgan fingerprint density at radius 2 is 2.09 bits per heavy atom. The van der Waals surface area contributed by atoms with Gasteiger partial charge in [0.2, 0.25) is 5.95 Å². The number of benzene rings is 1. The van der Waals surface area contributed by atoms with Crippen molar-refractivity contribution in [3.8, 4) is 5.75 Å². The summed E-state index contributed by atoms with van der Waals surface area (Å²) in [7, 11) is 0. The summed E-state index contributed by atoms with van der Waals surface area (Å²) in [6, 6.07) is 6.41. The van der Waals surface area contributed by atoms with Gasteiger partial charge >= 0.3 is 5.97 Å². The van der Waals surface area contributed by atoms with E-state index in [1.54, 1.807) is 6.07 Å². The summed E-state index contributed by atoms with van der Waals surface area (Å²) < 4.78 is 0. The maximum absolute atomic E-state index is 10.7. The van der Waals surface area contributed by atoms with Crippen molar-refractivity contribution in [2.75, 3.05) is 17.2 Å². The van der Waals surface area contributed by atoms with Crippen LogP contribution in [0.5, 0.6) is 5.75 Å². The molecule has 0 atom stereocenters. The molecule has 1 aliphatic rings. The van der Waals surface area contributed by atoms with Gasteiger partial charge in [-0.3, -0.25) is 4.79 Å². The van der Waals surface area contributed by atoms with Gasteiger partial charge in [0.05, 0.1) is 16.4 Å². The van der Waals surface area contributed by atoms with Gasteiger partial charge in [-0.2, -0.15) is 4.98 Å². The zero-order valence-electron chi connectivity index (χ0n) is 12.1. The number of carbonyl (C=O) groups is 1. The van der Waals surface area contributed by atoms with E-state index in [0.717, 1.165) is 18.5 Å². The van der Waals surface area contributed by atoms with Crippen LogP contribution in [0, 0.1) is 0 Å². The predicted molar refractivity (Wildman–Crippen MR) is 86.5 cm³/mol. The molecule has 120 valence electrons. The number of rotatable bonds is 6. The van der Waals surface area contributed by atoms with Crippen molar-refractivity contribution in [3.63, 3.8) is 0 Å². The zero-order valence-corrected chi connectivity index (χ0v) is 12.8. The molecule has 1 saturated carbocycles. The van der Waals surface area contributed by atoms with Crippen molar-refractivity contribution >= 4 is 35.0 Å². The molecule has 1 heterocycles. The third-order valence-electron chi connectivity index (χ3n) is 3.35. The SMILES string of the molecule is O=C(O)CNc1nc(Nc2ccc(O)cc2Cl)cc(C2CC2)n1. The highest BCUT2D eigenvalue weighted by Gasteiger charge is 2.26. The first-order valence-corrected chi connectivity index (χ1v) is 7.49. The topological polar surface area (TPSA) is 107 Å². The lowest BCUT2D eigenvalue weighted by Crippen LogP contribution is -2.15. The lowest BCUT2D eigenvalue weighted by molar-refractivity contribution is -0.134. The Kier molecular flexibility index (Phi) is 4.20. The molecule has 0 spiro atoms. The number of halogens is 1. The highest BCUT2D eigenvalue weighted by Crippen LogP contribution is 2.40. The third-order valence-corrected chi connectivity index (χ3v) is 3.67. The Morgan fingerprint density at radius 1 is 1.30 bits per heavy atom. The number of aromatic hydroxyl groups is 1. The standard InChI is InChI=1S/C15H15ClN4O3/c16-10-5-9(21)3-4-11(10)18-13-6-12(8-1-2-8)19-15(20-13)17-7-14(22)23/h3-6,8,21H,1-2,7H2,(H,22,23)(H2,17,18,19,20). The molecule has 23 heavy (non-hydrogen) atoms. The van der Waals surface area contributed by atoms with E-state index < -0.39 is 5.97 Å². The number of hydrogen-bond acceptors (Lipinski definition) is 6. The van der Waals surface area contributed by atoms with Gasteiger partial charge in [-0.05, 0) is 25.0 Å². The Labute approximate surface area is 137 Å². The number of anilines is 3. The second-order valence-electron chi connectivity index (χ2n) is 5.31. The third kappa shape index (κ3) is 4.01. The summed E-state index contributed by atoms with van der Waals surface area (Å²) in [4.78, 5) is 19.3. The second-order valence-corrected chi connectivity index (χ2v) is 5.72. The number of carboxylic acids is 1. The predicted octanol–water partition coefficient (Wildman–Crippen LogP) is 2.95. The summed E-state index contributed by atoms with van der Waals surface area (Å²) in [5.41, 5.74) is 1.46. The molecule has 4 N–H and O–H groups in total. The van der Waals surface area contributed by atoms with E-state index in [1.807, 2.05) is 6.07 Å². The molecule has 8 heteroatoms. The zero-order chi connectivity index (χ0) is 16.4. The van der Waals surface area contributed by atoms with Gasteiger partial charge in [0, 0.05) is 18.1 Å². The molecule has 3 rings (SSSR count). The van der Waals surface area contributed by atoms with Crippen molar-refractivity contribution in [3.05, 3.63) is 35.0 Å². The first-order valence-electron chi connectivity index (χ1n) is 7.11. The molecule has 1 aromatic carbocycles. The fourth-order valence-electron chi connectivity index (χ4n) is 2.10. The van der Waals surface area contributed by atoms with E-state index in [1.165, 1.54) is 12.1 Å². The highest BCUT2D eigenvalue weighted by molar-refractivity contribution is 6.33. The van der Waals surface area contributed by atoms with Gasteiger partial charge in [0.1, 0.15) is 18.1 Å². The van der Waals surface area contributed by atoms with Gasteiger partial charge < -0.3 is 20.8 Å². The number of aromatic nitrogens is 2. The molecule has 1 aliphatic carbocycles. The molecule has 0 radical (unpaired) electrons. The first-order chi connectivity index (χ1) is 11.0. The molecular weight excluding hydrogens is 320 g/mol. The van der Waals surface area contributed by atoms with Crippen LogP contribution in [0.15, 0.2) is 24.3 Å². The van der Waals surface area contributed by atoms with Gasteiger partial charge in [-0.1, -0.05) is 11.6 Å².